The third-order valence-electron chi connectivity index (χ3n) is 6.00. The standard InChI is InChI=1S/C22H23Cl2FN2O/c23-20-11-16(15-2-1-8-26-13-15)12-21(24)19(20)10-14-7-9-27(22(14)28)18-5-3-17(25)4-6-18/h1-2,8,11-14,17-18H,3-7,9-10H2. The minimum atomic E-state index is -0.708. The van der Waals surface area contributed by atoms with Gasteiger partial charge in [0.05, 0.1) is 0 Å². The maximum absolute atomic E-state index is 13.4. The van der Waals surface area contributed by atoms with Gasteiger partial charge in [-0.05, 0) is 67.9 Å². The van der Waals surface area contributed by atoms with Gasteiger partial charge in [-0.25, -0.2) is 4.39 Å². The van der Waals surface area contributed by atoms with Crippen molar-refractivity contribution >= 4 is 29.1 Å². The Morgan fingerprint density at radius 2 is 1.79 bits per heavy atom. The Morgan fingerprint density at radius 1 is 1.07 bits per heavy atom. The molecule has 3 nitrogen and oxygen atoms in total. The number of hydrogen-bond acceptors (Lipinski definition) is 2. The van der Waals surface area contributed by atoms with Gasteiger partial charge in [0.2, 0.25) is 5.91 Å². The van der Waals surface area contributed by atoms with Crippen LogP contribution in [0.2, 0.25) is 10.0 Å². The van der Waals surface area contributed by atoms with Gasteiger partial charge in [0.25, 0.3) is 0 Å². The summed E-state index contributed by atoms with van der Waals surface area (Å²) in [6, 6.07) is 7.79. The van der Waals surface area contributed by atoms with Gasteiger partial charge in [-0.15, -0.1) is 0 Å². The fourth-order valence-electron chi connectivity index (χ4n) is 4.41. The van der Waals surface area contributed by atoms with Gasteiger partial charge in [0.15, 0.2) is 0 Å². The molecule has 2 heterocycles. The molecule has 2 aliphatic rings. The van der Waals surface area contributed by atoms with Crippen molar-refractivity contribution in [2.45, 2.75) is 50.7 Å². The van der Waals surface area contributed by atoms with E-state index in [9.17, 15) is 9.18 Å². The van der Waals surface area contributed by atoms with Crippen LogP contribution >= 0.6 is 23.2 Å². The van der Waals surface area contributed by atoms with Crippen molar-refractivity contribution in [1.29, 1.82) is 0 Å². The van der Waals surface area contributed by atoms with Gasteiger partial charge < -0.3 is 4.90 Å². The second-order valence-corrected chi connectivity index (χ2v) is 8.60. The summed E-state index contributed by atoms with van der Waals surface area (Å²) in [5, 5.41) is 1.16. The number of nitrogens with zero attached hydrogens (tertiary/aromatic N) is 2. The molecule has 2 fully saturated rings. The molecular weight excluding hydrogens is 398 g/mol. The Morgan fingerprint density at radius 3 is 2.43 bits per heavy atom. The van der Waals surface area contributed by atoms with E-state index in [1.807, 2.05) is 29.2 Å². The minimum Gasteiger partial charge on any atom is -0.339 e. The van der Waals surface area contributed by atoms with Gasteiger partial charge in [0.1, 0.15) is 6.17 Å². The summed E-state index contributed by atoms with van der Waals surface area (Å²) in [6.45, 7) is 0.744. The summed E-state index contributed by atoms with van der Waals surface area (Å²) in [7, 11) is 0. The van der Waals surface area contributed by atoms with Crippen molar-refractivity contribution in [3.05, 3.63) is 52.3 Å². The molecule has 1 saturated heterocycles. The first-order valence-corrected chi connectivity index (χ1v) is 10.6. The second kappa shape index (κ2) is 8.38. The zero-order valence-electron chi connectivity index (χ0n) is 15.6. The van der Waals surface area contributed by atoms with E-state index < -0.39 is 6.17 Å². The predicted molar refractivity (Wildman–Crippen MR) is 110 cm³/mol. The van der Waals surface area contributed by atoms with E-state index in [1.54, 1.807) is 12.4 Å². The second-order valence-electron chi connectivity index (χ2n) is 7.79. The monoisotopic (exact) mass is 420 g/mol. The van der Waals surface area contributed by atoms with Crippen LogP contribution < -0.4 is 0 Å². The molecular formula is C22H23Cl2FN2O. The first-order chi connectivity index (χ1) is 13.5. The Kier molecular flexibility index (Phi) is 5.88. The summed E-state index contributed by atoms with van der Waals surface area (Å²) >= 11 is 13.1. The van der Waals surface area contributed by atoms with E-state index in [2.05, 4.69) is 4.98 Å². The lowest BCUT2D eigenvalue weighted by Crippen LogP contribution is -2.40. The van der Waals surface area contributed by atoms with Crippen LogP contribution in [-0.4, -0.2) is 34.5 Å². The molecule has 1 amide bonds. The third kappa shape index (κ3) is 4.04. The number of alkyl halides is 1. The Bertz CT molecular complexity index is 830. The maximum Gasteiger partial charge on any atom is 0.226 e. The Hall–Kier alpha value is -1.65. The number of carbonyl (C=O) groups is 1. The molecule has 0 spiro atoms. The van der Waals surface area contributed by atoms with Crippen LogP contribution in [0.3, 0.4) is 0 Å². The fraction of sp³-hybridized carbons (Fsp3) is 0.455. The lowest BCUT2D eigenvalue weighted by molar-refractivity contribution is -0.133. The van der Waals surface area contributed by atoms with Crippen LogP contribution in [0.4, 0.5) is 4.39 Å². The molecule has 148 valence electrons. The zero-order valence-corrected chi connectivity index (χ0v) is 17.1. The van der Waals surface area contributed by atoms with Gasteiger partial charge in [0, 0.05) is 46.5 Å². The number of halogens is 3. The van der Waals surface area contributed by atoms with Crippen molar-refractivity contribution in [2.75, 3.05) is 6.54 Å². The first-order valence-electron chi connectivity index (χ1n) is 9.86. The topological polar surface area (TPSA) is 33.2 Å². The molecule has 0 radical (unpaired) electrons. The number of likely N-dealkylation sites (tertiary alicyclic amines) is 1. The highest BCUT2D eigenvalue weighted by atomic mass is 35.5. The lowest BCUT2D eigenvalue weighted by atomic mass is 9.92. The van der Waals surface area contributed by atoms with Crippen molar-refractivity contribution in [3.8, 4) is 11.1 Å². The third-order valence-corrected chi connectivity index (χ3v) is 6.68. The van der Waals surface area contributed by atoms with Crippen LogP contribution in [0.25, 0.3) is 11.1 Å². The Labute approximate surface area is 174 Å². The van der Waals surface area contributed by atoms with Crippen molar-refractivity contribution in [3.63, 3.8) is 0 Å². The van der Waals surface area contributed by atoms with E-state index in [4.69, 9.17) is 23.2 Å². The molecule has 28 heavy (non-hydrogen) atoms. The number of carbonyl (C=O) groups excluding carboxylic acids is 1. The van der Waals surface area contributed by atoms with Crippen LogP contribution in [0, 0.1) is 5.92 Å². The molecule has 1 atom stereocenters. The fourth-order valence-corrected chi connectivity index (χ4v) is 5.05. The van der Waals surface area contributed by atoms with Gasteiger partial charge in [-0.3, -0.25) is 9.78 Å². The average molecular weight is 421 g/mol. The van der Waals surface area contributed by atoms with E-state index in [-0.39, 0.29) is 17.9 Å². The number of amides is 1. The summed E-state index contributed by atoms with van der Waals surface area (Å²) in [4.78, 5) is 19.0. The summed E-state index contributed by atoms with van der Waals surface area (Å²) < 4.78 is 13.4. The molecule has 1 aliphatic heterocycles. The normalized spacial score (nSPS) is 25.3. The molecule has 1 saturated carbocycles. The van der Waals surface area contributed by atoms with E-state index in [1.165, 1.54) is 0 Å². The maximum atomic E-state index is 13.4. The minimum absolute atomic E-state index is 0.109. The highest BCUT2D eigenvalue weighted by molar-refractivity contribution is 6.36. The van der Waals surface area contributed by atoms with Crippen molar-refractivity contribution < 1.29 is 9.18 Å². The highest BCUT2D eigenvalue weighted by Gasteiger charge is 2.37. The predicted octanol–water partition coefficient (Wildman–Crippen LogP) is 5.73. The molecule has 0 bridgehead atoms. The van der Waals surface area contributed by atoms with Crippen LogP contribution in [-0.2, 0) is 11.2 Å². The van der Waals surface area contributed by atoms with Crippen LogP contribution in [0.5, 0.6) is 0 Å². The van der Waals surface area contributed by atoms with Gasteiger partial charge >= 0.3 is 0 Å². The quantitative estimate of drug-likeness (QED) is 0.632. The molecule has 1 aromatic heterocycles. The lowest BCUT2D eigenvalue weighted by Gasteiger charge is -2.32. The Balaban J connectivity index is 1.48. The molecule has 6 heteroatoms. The van der Waals surface area contributed by atoms with Crippen LogP contribution in [0.1, 0.15) is 37.7 Å². The van der Waals surface area contributed by atoms with Gasteiger partial charge in [-0.1, -0.05) is 29.3 Å². The zero-order chi connectivity index (χ0) is 19.7. The number of benzene rings is 1. The van der Waals surface area contributed by atoms with Crippen molar-refractivity contribution in [1.82, 2.24) is 9.88 Å². The average Bonchev–Trinajstić information content (AvgIpc) is 3.06. The number of hydrogen-bond donors (Lipinski definition) is 0. The van der Waals surface area contributed by atoms with Crippen molar-refractivity contribution in [2.24, 2.45) is 5.92 Å². The molecule has 4 rings (SSSR count). The number of aromatic nitrogens is 1. The summed E-state index contributed by atoms with van der Waals surface area (Å²) in [5.41, 5.74) is 2.68. The molecule has 2 aromatic rings. The number of pyridine rings is 1. The smallest absolute Gasteiger partial charge is 0.226 e. The SMILES string of the molecule is O=C1C(Cc2c(Cl)cc(-c3cccnc3)cc2Cl)CCN1C1CCC(F)CC1. The highest BCUT2D eigenvalue weighted by Crippen LogP contribution is 2.36. The summed E-state index contributed by atoms with van der Waals surface area (Å²) in [6.07, 6.45) is 6.77. The molecule has 1 aliphatic carbocycles. The first kappa shape index (κ1) is 19.7. The van der Waals surface area contributed by atoms with E-state index in [0.29, 0.717) is 29.3 Å². The molecule has 1 aromatic carbocycles. The number of rotatable bonds is 4. The van der Waals surface area contributed by atoms with Gasteiger partial charge in [-0.2, -0.15) is 0 Å². The van der Waals surface area contributed by atoms with Crippen LogP contribution in [0.15, 0.2) is 36.7 Å². The summed E-state index contributed by atoms with van der Waals surface area (Å²) in [5.74, 6) is 0.0492. The van der Waals surface area contributed by atoms with E-state index >= 15 is 0 Å². The molecule has 1 unspecified atom stereocenters. The van der Waals surface area contributed by atoms with E-state index in [0.717, 1.165) is 42.5 Å². The largest absolute Gasteiger partial charge is 0.339 e. The molecule has 0 N–H and O–H groups in total.